The number of carbonyl (C=O) groups excluding carboxylic acids is 1. The summed E-state index contributed by atoms with van der Waals surface area (Å²) in [5, 5.41) is 7.11. The third-order valence-corrected chi connectivity index (χ3v) is 3.21. The van der Waals surface area contributed by atoms with Crippen molar-refractivity contribution in [1.29, 1.82) is 0 Å². The molecule has 112 valence electrons. The van der Waals surface area contributed by atoms with E-state index in [2.05, 4.69) is 10.4 Å². The average Bonchev–Trinajstić information content (AvgIpc) is 2.81. The van der Waals surface area contributed by atoms with Gasteiger partial charge in [0.25, 0.3) is 5.91 Å². The highest BCUT2D eigenvalue weighted by molar-refractivity contribution is 5.99. The van der Waals surface area contributed by atoms with Gasteiger partial charge in [-0.3, -0.25) is 9.48 Å². The summed E-state index contributed by atoms with van der Waals surface area (Å²) in [4.78, 5) is 12.4. The number of amides is 1. The van der Waals surface area contributed by atoms with Crippen LogP contribution in [0.25, 0.3) is 0 Å². The molecule has 0 radical (unpaired) electrons. The molecule has 1 heterocycles. The zero-order valence-corrected chi connectivity index (χ0v) is 12.6. The highest BCUT2D eigenvalue weighted by atomic mass is 16.5. The summed E-state index contributed by atoms with van der Waals surface area (Å²) < 4.78 is 12.2. The van der Waals surface area contributed by atoms with Crippen LogP contribution >= 0.6 is 0 Å². The number of rotatable bonds is 5. The molecule has 0 bridgehead atoms. The molecule has 0 spiro atoms. The van der Waals surface area contributed by atoms with Crippen molar-refractivity contribution in [2.45, 2.75) is 13.5 Å². The van der Waals surface area contributed by atoms with Crippen molar-refractivity contribution >= 4 is 5.91 Å². The molecule has 1 aromatic heterocycles. The first-order valence-electron chi connectivity index (χ1n) is 6.55. The fourth-order valence-corrected chi connectivity index (χ4v) is 2.16. The van der Waals surface area contributed by atoms with Crippen molar-refractivity contribution in [1.82, 2.24) is 15.1 Å². The summed E-state index contributed by atoms with van der Waals surface area (Å²) in [6, 6.07) is 5.24. The van der Waals surface area contributed by atoms with E-state index < -0.39 is 0 Å². The van der Waals surface area contributed by atoms with Gasteiger partial charge < -0.3 is 14.8 Å². The zero-order valence-electron chi connectivity index (χ0n) is 12.6. The highest BCUT2D eigenvalue weighted by Crippen LogP contribution is 2.28. The van der Waals surface area contributed by atoms with Crippen LogP contribution < -0.4 is 14.8 Å². The summed E-state index contributed by atoms with van der Waals surface area (Å²) in [7, 11) is 4.90. The smallest absolute Gasteiger partial charge is 0.259 e. The Bertz CT molecular complexity index is 627. The molecule has 6 nitrogen and oxygen atoms in total. The summed E-state index contributed by atoms with van der Waals surface area (Å²) in [6.07, 6.45) is 1.88. The van der Waals surface area contributed by atoms with Crippen LogP contribution in [0.2, 0.25) is 0 Å². The van der Waals surface area contributed by atoms with Gasteiger partial charge in [0.1, 0.15) is 17.1 Å². The number of benzene rings is 1. The van der Waals surface area contributed by atoms with Crippen molar-refractivity contribution in [3.05, 3.63) is 41.2 Å². The van der Waals surface area contributed by atoms with Crippen LogP contribution in [0, 0.1) is 6.92 Å². The third kappa shape index (κ3) is 3.16. The fourth-order valence-electron chi connectivity index (χ4n) is 2.16. The average molecular weight is 289 g/mol. The van der Waals surface area contributed by atoms with E-state index in [1.54, 1.807) is 22.9 Å². The van der Waals surface area contributed by atoms with Crippen molar-refractivity contribution in [3.8, 4) is 11.5 Å². The molecule has 0 aliphatic heterocycles. The van der Waals surface area contributed by atoms with E-state index in [0.29, 0.717) is 23.6 Å². The lowest BCUT2D eigenvalue weighted by atomic mass is 10.1. The van der Waals surface area contributed by atoms with Gasteiger partial charge in [0, 0.05) is 25.4 Å². The number of ether oxygens (including phenoxy) is 2. The number of hydrogen-bond donors (Lipinski definition) is 1. The highest BCUT2D eigenvalue weighted by Gasteiger charge is 2.18. The maximum absolute atomic E-state index is 12.4. The number of carbonyl (C=O) groups is 1. The molecule has 1 aromatic carbocycles. The third-order valence-electron chi connectivity index (χ3n) is 3.21. The standard InChI is InChI=1S/C15H19N3O3/c1-10-11(9-18(2)17-10)8-16-15(19)14-12(20-3)6-5-7-13(14)21-4/h5-7,9H,8H2,1-4H3,(H,16,19). The Hall–Kier alpha value is -2.50. The van der Waals surface area contributed by atoms with Crippen LogP contribution in [-0.4, -0.2) is 29.9 Å². The maximum atomic E-state index is 12.4. The van der Waals surface area contributed by atoms with E-state index >= 15 is 0 Å². The summed E-state index contributed by atoms with van der Waals surface area (Å²) >= 11 is 0. The van der Waals surface area contributed by atoms with Gasteiger partial charge in [-0.2, -0.15) is 5.10 Å². The van der Waals surface area contributed by atoms with E-state index in [-0.39, 0.29) is 5.91 Å². The molecule has 2 rings (SSSR count). The minimum Gasteiger partial charge on any atom is -0.496 e. The predicted octanol–water partition coefficient (Wildman–Crippen LogP) is 1.68. The van der Waals surface area contributed by atoms with Gasteiger partial charge in [0.05, 0.1) is 19.9 Å². The molecule has 0 aliphatic carbocycles. The Kier molecular flexibility index (Phi) is 4.47. The second kappa shape index (κ2) is 6.30. The molecule has 0 atom stereocenters. The molecule has 0 aliphatic rings. The predicted molar refractivity (Wildman–Crippen MR) is 78.7 cm³/mol. The van der Waals surface area contributed by atoms with Crippen LogP contribution in [-0.2, 0) is 13.6 Å². The van der Waals surface area contributed by atoms with Gasteiger partial charge in [-0.25, -0.2) is 0 Å². The number of aryl methyl sites for hydroxylation is 2. The van der Waals surface area contributed by atoms with Gasteiger partial charge in [-0.05, 0) is 19.1 Å². The van der Waals surface area contributed by atoms with E-state index in [4.69, 9.17) is 9.47 Å². The fraction of sp³-hybridized carbons (Fsp3) is 0.333. The number of methoxy groups -OCH3 is 2. The summed E-state index contributed by atoms with van der Waals surface area (Å²) in [5.74, 6) is 0.720. The Labute approximate surface area is 123 Å². The molecule has 2 aromatic rings. The van der Waals surface area contributed by atoms with Crippen LogP contribution in [0.4, 0.5) is 0 Å². The van der Waals surface area contributed by atoms with Crippen molar-refractivity contribution in [2.24, 2.45) is 7.05 Å². The van der Waals surface area contributed by atoms with Gasteiger partial charge in [-0.1, -0.05) is 6.07 Å². The molecule has 0 saturated carbocycles. The molecule has 1 N–H and O–H groups in total. The molecular weight excluding hydrogens is 270 g/mol. The molecule has 0 fully saturated rings. The number of nitrogens with zero attached hydrogens (tertiary/aromatic N) is 2. The Balaban J connectivity index is 2.19. The van der Waals surface area contributed by atoms with Gasteiger partial charge in [-0.15, -0.1) is 0 Å². The topological polar surface area (TPSA) is 65.4 Å². The molecule has 6 heteroatoms. The molecule has 1 amide bonds. The number of hydrogen-bond acceptors (Lipinski definition) is 4. The molecule has 0 unspecified atom stereocenters. The monoisotopic (exact) mass is 289 g/mol. The minimum atomic E-state index is -0.243. The van der Waals surface area contributed by atoms with Crippen LogP contribution in [0.5, 0.6) is 11.5 Å². The van der Waals surface area contributed by atoms with Gasteiger partial charge >= 0.3 is 0 Å². The second-order valence-corrected chi connectivity index (χ2v) is 4.63. The van der Waals surface area contributed by atoms with Gasteiger partial charge in [0.15, 0.2) is 0 Å². The quantitative estimate of drug-likeness (QED) is 0.909. The number of aromatic nitrogens is 2. The first-order chi connectivity index (χ1) is 10.1. The summed E-state index contributed by atoms with van der Waals surface area (Å²) in [6.45, 7) is 2.31. The van der Waals surface area contributed by atoms with Crippen molar-refractivity contribution in [2.75, 3.05) is 14.2 Å². The largest absolute Gasteiger partial charge is 0.496 e. The van der Waals surface area contributed by atoms with E-state index in [1.807, 2.05) is 20.2 Å². The lowest BCUT2D eigenvalue weighted by Gasteiger charge is -2.12. The van der Waals surface area contributed by atoms with Crippen molar-refractivity contribution < 1.29 is 14.3 Å². The van der Waals surface area contributed by atoms with E-state index in [0.717, 1.165) is 11.3 Å². The molecule has 0 saturated heterocycles. The second-order valence-electron chi connectivity index (χ2n) is 4.63. The maximum Gasteiger partial charge on any atom is 0.259 e. The normalized spacial score (nSPS) is 10.3. The minimum absolute atomic E-state index is 0.243. The first kappa shape index (κ1) is 14.9. The zero-order chi connectivity index (χ0) is 15.4. The van der Waals surface area contributed by atoms with Crippen LogP contribution in [0.3, 0.4) is 0 Å². The van der Waals surface area contributed by atoms with Crippen LogP contribution in [0.15, 0.2) is 24.4 Å². The first-order valence-corrected chi connectivity index (χ1v) is 6.55. The van der Waals surface area contributed by atoms with E-state index in [1.165, 1.54) is 14.2 Å². The lowest BCUT2D eigenvalue weighted by Crippen LogP contribution is -2.24. The number of nitrogens with one attached hydrogen (secondary N) is 1. The Morgan fingerprint density at radius 3 is 2.38 bits per heavy atom. The summed E-state index contributed by atoms with van der Waals surface area (Å²) in [5.41, 5.74) is 2.26. The van der Waals surface area contributed by atoms with E-state index in [9.17, 15) is 4.79 Å². The van der Waals surface area contributed by atoms with Crippen LogP contribution in [0.1, 0.15) is 21.6 Å². The Morgan fingerprint density at radius 1 is 1.29 bits per heavy atom. The van der Waals surface area contributed by atoms with Crippen molar-refractivity contribution in [3.63, 3.8) is 0 Å². The Morgan fingerprint density at radius 2 is 1.90 bits per heavy atom. The molecular formula is C15H19N3O3. The SMILES string of the molecule is COc1cccc(OC)c1C(=O)NCc1cn(C)nc1C. The lowest BCUT2D eigenvalue weighted by molar-refractivity contribution is 0.0944. The molecule has 21 heavy (non-hydrogen) atoms. The van der Waals surface area contributed by atoms with Gasteiger partial charge in [0.2, 0.25) is 0 Å².